The van der Waals surface area contributed by atoms with E-state index in [-0.39, 0.29) is 23.5 Å². The van der Waals surface area contributed by atoms with E-state index < -0.39 is 0 Å². The maximum Gasteiger partial charge on any atom is 0.297 e. The number of benzene rings is 1. The fourth-order valence-electron chi connectivity index (χ4n) is 3.71. The number of rotatable bonds is 3. The predicted molar refractivity (Wildman–Crippen MR) is 109 cm³/mol. The standard InChI is InChI=1S/C21H16BrN3O3/c22-14-7-5-12(6-8-14)17(26)10-25-11-23-18-15-9-13-3-1-2-4-16(13)24-20(15)28-19(18)21(25)27/h5-9,11H,1-4,10H2. The summed E-state index contributed by atoms with van der Waals surface area (Å²) in [5.41, 5.74) is 3.52. The van der Waals surface area contributed by atoms with E-state index >= 15 is 0 Å². The molecular weight excluding hydrogens is 422 g/mol. The van der Waals surface area contributed by atoms with Gasteiger partial charge in [0.25, 0.3) is 5.56 Å². The maximum atomic E-state index is 12.9. The van der Waals surface area contributed by atoms with Crippen LogP contribution in [0.25, 0.3) is 22.2 Å². The maximum absolute atomic E-state index is 12.9. The minimum absolute atomic E-state index is 0.0929. The Morgan fingerprint density at radius 1 is 1.18 bits per heavy atom. The number of furan rings is 1. The number of pyridine rings is 1. The molecule has 0 radical (unpaired) electrons. The first-order chi connectivity index (χ1) is 13.6. The van der Waals surface area contributed by atoms with Crippen molar-refractivity contribution in [1.29, 1.82) is 0 Å². The number of carbonyl (C=O) groups is 1. The molecule has 140 valence electrons. The van der Waals surface area contributed by atoms with E-state index in [9.17, 15) is 9.59 Å². The molecule has 0 atom stereocenters. The van der Waals surface area contributed by atoms with Crippen molar-refractivity contribution in [1.82, 2.24) is 14.5 Å². The minimum atomic E-state index is -0.369. The highest BCUT2D eigenvalue weighted by atomic mass is 79.9. The van der Waals surface area contributed by atoms with Crippen LogP contribution in [0.15, 0.2) is 50.3 Å². The second kappa shape index (κ2) is 6.67. The van der Waals surface area contributed by atoms with Crippen molar-refractivity contribution >= 4 is 43.9 Å². The van der Waals surface area contributed by atoms with Crippen LogP contribution in [0.5, 0.6) is 0 Å². The number of ketones is 1. The average molecular weight is 438 g/mol. The molecule has 0 aliphatic heterocycles. The Balaban J connectivity index is 1.57. The third kappa shape index (κ3) is 2.86. The first kappa shape index (κ1) is 17.3. The second-order valence-electron chi connectivity index (χ2n) is 7.04. The monoisotopic (exact) mass is 437 g/mol. The van der Waals surface area contributed by atoms with Crippen molar-refractivity contribution in [2.24, 2.45) is 0 Å². The van der Waals surface area contributed by atoms with Gasteiger partial charge in [-0.3, -0.25) is 14.2 Å². The summed E-state index contributed by atoms with van der Waals surface area (Å²) in [7, 11) is 0. The van der Waals surface area contributed by atoms with E-state index in [1.54, 1.807) is 24.3 Å². The number of nitrogens with zero attached hydrogens (tertiary/aromatic N) is 3. The highest BCUT2D eigenvalue weighted by molar-refractivity contribution is 9.10. The smallest absolute Gasteiger partial charge is 0.297 e. The molecule has 3 aromatic heterocycles. The summed E-state index contributed by atoms with van der Waals surface area (Å²) in [4.78, 5) is 34.4. The summed E-state index contributed by atoms with van der Waals surface area (Å²) in [5.74, 6) is -0.166. The molecule has 28 heavy (non-hydrogen) atoms. The highest BCUT2D eigenvalue weighted by Crippen LogP contribution is 2.29. The van der Waals surface area contributed by atoms with Crippen LogP contribution in [0.4, 0.5) is 0 Å². The molecule has 0 amide bonds. The molecule has 0 spiro atoms. The number of fused-ring (bicyclic) bond motifs is 4. The van der Waals surface area contributed by atoms with Gasteiger partial charge in [0.1, 0.15) is 5.52 Å². The van der Waals surface area contributed by atoms with Crippen LogP contribution in [0.2, 0.25) is 0 Å². The lowest BCUT2D eigenvalue weighted by molar-refractivity contribution is 0.0970. The van der Waals surface area contributed by atoms with Gasteiger partial charge in [-0.15, -0.1) is 0 Å². The predicted octanol–water partition coefficient (Wildman–Crippen LogP) is 4.06. The van der Waals surface area contributed by atoms with Crippen molar-refractivity contribution in [3.8, 4) is 0 Å². The molecule has 0 bridgehead atoms. The zero-order valence-electron chi connectivity index (χ0n) is 14.9. The normalized spacial score (nSPS) is 13.8. The molecule has 1 aliphatic carbocycles. The first-order valence-electron chi connectivity index (χ1n) is 9.19. The number of aryl methyl sites for hydroxylation is 2. The van der Waals surface area contributed by atoms with Gasteiger partial charge in [0.05, 0.1) is 18.3 Å². The van der Waals surface area contributed by atoms with Gasteiger partial charge in [-0.25, -0.2) is 9.97 Å². The average Bonchev–Trinajstić information content (AvgIpc) is 3.07. The summed E-state index contributed by atoms with van der Waals surface area (Å²) < 4.78 is 7.95. The summed E-state index contributed by atoms with van der Waals surface area (Å²) >= 11 is 3.35. The van der Waals surface area contributed by atoms with E-state index in [1.807, 2.05) is 6.07 Å². The van der Waals surface area contributed by atoms with Crippen molar-refractivity contribution in [2.75, 3.05) is 0 Å². The van der Waals surface area contributed by atoms with Crippen LogP contribution in [0, 0.1) is 0 Å². The number of carbonyl (C=O) groups excluding carboxylic acids is 1. The molecule has 1 aliphatic rings. The largest absolute Gasteiger partial charge is 0.430 e. The molecule has 0 N–H and O–H groups in total. The second-order valence-corrected chi connectivity index (χ2v) is 7.96. The first-order valence-corrected chi connectivity index (χ1v) is 9.98. The van der Waals surface area contributed by atoms with Crippen LogP contribution < -0.4 is 5.56 Å². The van der Waals surface area contributed by atoms with Crippen molar-refractivity contribution < 1.29 is 9.21 Å². The van der Waals surface area contributed by atoms with Gasteiger partial charge in [0.2, 0.25) is 11.3 Å². The Kier molecular flexibility index (Phi) is 4.12. The molecule has 0 unspecified atom stereocenters. The van der Waals surface area contributed by atoms with Crippen LogP contribution >= 0.6 is 15.9 Å². The number of Topliss-reactive ketones (excluding diaryl/α,β-unsaturated/α-hetero) is 1. The molecule has 1 aromatic carbocycles. The topological polar surface area (TPSA) is 78.0 Å². The molecule has 7 heteroatoms. The zero-order chi connectivity index (χ0) is 19.3. The van der Waals surface area contributed by atoms with E-state index in [0.29, 0.717) is 16.8 Å². The Bertz CT molecular complexity index is 1290. The molecule has 3 heterocycles. The van der Waals surface area contributed by atoms with Gasteiger partial charge < -0.3 is 4.42 Å². The van der Waals surface area contributed by atoms with E-state index in [1.165, 1.54) is 16.5 Å². The third-order valence-corrected chi connectivity index (χ3v) is 5.72. The fourth-order valence-corrected chi connectivity index (χ4v) is 3.97. The van der Waals surface area contributed by atoms with Gasteiger partial charge in [0.15, 0.2) is 5.78 Å². The van der Waals surface area contributed by atoms with Crippen molar-refractivity contribution in [3.05, 3.63) is 68.3 Å². The van der Waals surface area contributed by atoms with E-state index in [0.717, 1.165) is 41.2 Å². The number of hydrogen-bond donors (Lipinski definition) is 0. The summed E-state index contributed by atoms with van der Waals surface area (Å²) in [6.07, 6.45) is 5.60. The van der Waals surface area contributed by atoms with E-state index in [2.05, 4.69) is 25.9 Å². The lowest BCUT2D eigenvalue weighted by atomic mass is 9.95. The third-order valence-electron chi connectivity index (χ3n) is 5.20. The molecule has 0 fully saturated rings. The van der Waals surface area contributed by atoms with Gasteiger partial charge in [-0.05, 0) is 49.4 Å². The molecule has 5 rings (SSSR count). The number of aromatic nitrogens is 3. The van der Waals surface area contributed by atoms with Crippen LogP contribution in [-0.4, -0.2) is 20.3 Å². The van der Waals surface area contributed by atoms with Crippen molar-refractivity contribution in [2.45, 2.75) is 32.2 Å². The highest BCUT2D eigenvalue weighted by Gasteiger charge is 2.19. The Morgan fingerprint density at radius 3 is 2.79 bits per heavy atom. The van der Waals surface area contributed by atoms with Crippen LogP contribution in [-0.2, 0) is 19.4 Å². The fraction of sp³-hybridized carbons (Fsp3) is 0.238. The van der Waals surface area contributed by atoms with Gasteiger partial charge in [-0.1, -0.05) is 28.1 Å². The quantitative estimate of drug-likeness (QED) is 0.451. The number of hydrogen-bond acceptors (Lipinski definition) is 5. The Morgan fingerprint density at radius 2 is 1.96 bits per heavy atom. The Labute approximate surface area is 168 Å². The molecule has 6 nitrogen and oxygen atoms in total. The molecule has 0 saturated carbocycles. The lowest BCUT2D eigenvalue weighted by Gasteiger charge is -2.13. The lowest BCUT2D eigenvalue weighted by Crippen LogP contribution is -2.24. The molecular formula is C21H16BrN3O3. The van der Waals surface area contributed by atoms with Gasteiger partial charge >= 0.3 is 0 Å². The molecule has 0 saturated heterocycles. The SMILES string of the molecule is O=C(Cn1cnc2c(oc3nc4c(cc32)CCCC4)c1=O)c1ccc(Br)cc1. The van der Waals surface area contributed by atoms with Crippen LogP contribution in [0.3, 0.4) is 0 Å². The summed E-state index contributed by atoms with van der Waals surface area (Å²) in [6.45, 7) is -0.0929. The number of halogens is 1. The summed E-state index contributed by atoms with van der Waals surface area (Å²) in [6, 6.07) is 9.08. The van der Waals surface area contributed by atoms with Gasteiger partial charge in [0, 0.05) is 15.7 Å². The van der Waals surface area contributed by atoms with Gasteiger partial charge in [-0.2, -0.15) is 0 Å². The summed E-state index contributed by atoms with van der Waals surface area (Å²) in [5, 5.41) is 0.763. The Hall–Kier alpha value is -2.80. The van der Waals surface area contributed by atoms with Crippen molar-refractivity contribution in [3.63, 3.8) is 0 Å². The van der Waals surface area contributed by atoms with Crippen LogP contribution in [0.1, 0.15) is 34.5 Å². The molecule has 4 aromatic rings. The minimum Gasteiger partial charge on any atom is -0.430 e. The van der Waals surface area contributed by atoms with E-state index in [4.69, 9.17) is 4.42 Å². The zero-order valence-corrected chi connectivity index (χ0v) is 16.5.